The zero-order valence-electron chi connectivity index (χ0n) is 22.0. The maximum atomic E-state index is 14.6. The van der Waals surface area contributed by atoms with Gasteiger partial charge >= 0.3 is 0 Å². The van der Waals surface area contributed by atoms with E-state index in [1.807, 2.05) is 36.6 Å². The molecule has 2 aliphatic rings. The van der Waals surface area contributed by atoms with Crippen molar-refractivity contribution < 1.29 is 27.2 Å². The molecule has 3 heterocycles. The number of aromatic nitrogens is 3. The zero-order valence-corrected chi connectivity index (χ0v) is 22.0. The molecule has 0 spiro atoms. The minimum absolute atomic E-state index is 0.0872. The molecule has 39 heavy (non-hydrogen) atoms. The van der Waals surface area contributed by atoms with Gasteiger partial charge in [0.15, 0.2) is 11.6 Å². The second-order valence-corrected chi connectivity index (χ2v) is 10.5. The highest BCUT2D eigenvalue weighted by molar-refractivity contribution is 5.96. The lowest BCUT2D eigenvalue weighted by Gasteiger charge is -2.32. The van der Waals surface area contributed by atoms with E-state index >= 15 is 0 Å². The normalized spacial score (nSPS) is 19.8. The number of rotatable bonds is 5. The lowest BCUT2D eigenvalue weighted by molar-refractivity contribution is -0.117. The van der Waals surface area contributed by atoms with Gasteiger partial charge in [-0.05, 0) is 62.9 Å². The molecule has 0 unspecified atom stereocenters. The van der Waals surface area contributed by atoms with Crippen LogP contribution in [-0.2, 0) is 4.79 Å². The number of ether oxygens (including phenoxy) is 1. The van der Waals surface area contributed by atoms with Crippen molar-refractivity contribution >= 4 is 22.6 Å². The summed E-state index contributed by atoms with van der Waals surface area (Å²) < 4.78 is 55.3. The number of hydrogen-bond donors (Lipinski definition) is 0. The predicted molar refractivity (Wildman–Crippen MR) is 140 cm³/mol. The van der Waals surface area contributed by atoms with Gasteiger partial charge in [0.25, 0.3) is 0 Å². The van der Waals surface area contributed by atoms with Gasteiger partial charge in [0.2, 0.25) is 11.8 Å². The number of hydrogen-bond acceptors (Lipinski definition) is 5. The molecule has 1 aliphatic heterocycles. The van der Waals surface area contributed by atoms with Crippen molar-refractivity contribution in [1.82, 2.24) is 14.7 Å². The number of anilines is 1. The first kappa shape index (κ1) is 25.5. The molecule has 1 amide bonds. The van der Waals surface area contributed by atoms with Crippen LogP contribution in [0.25, 0.3) is 22.2 Å². The van der Waals surface area contributed by atoms with Gasteiger partial charge in [0, 0.05) is 42.6 Å². The van der Waals surface area contributed by atoms with E-state index in [1.165, 1.54) is 19.2 Å². The maximum absolute atomic E-state index is 14.6. The van der Waals surface area contributed by atoms with Crippen LogP contribution >= 0.6 is 0 Å². The number of carbonyl (C=O) groups is 1. The lowest BCUT2D eigenvalue weighted by atomic mass is 9.91. The first-order valence-corrected chi connectivity index (χ1v) is 13.2. The fraction of sp³-hybridized carbons (Fsp3) is 0.414. The highest BCUT2D eigenvalue weighted by Gasteiger charge is 2.41. The monoisotopic (exact) mass is 538 g/mol. The summed E-state index contributed by atoms with van der Waals surface area (Å²) in [6.07, 6.45) is 0.948. The lowest BCUT2D eigenvalue weighted by Crippen LogP contribution is -2.32. The van der Waals surface area contributed by atoms with Gasteiger partial charge in [-0.25, -0.2) is 18.2 Å². The molecule has 4 aromatic rings. The van der Waals surface area contributed by atoms with E-state index in [9.17, 15) is 18.0 Å². The third-order valence-corrected chi connectivity index (χ3v) is 8.01. The van der Waals surface area contributed by atoms with Gasteiger partial charge in [0.1, 0.15) is 11.6 Å². The number of imidazole rings is 1. The van der Waals surface area contributed by atoms with Crippen molar-refractivity contribution in [3.8, 4) is 16.9 Å². The molecule has 1 atom stereocenters. The minimum atomic E-state index is -2.68. The van der Waals surface area contributed by atoms with Crippen LogP contribution in [0.1, 0.15) is 67.9 Å². The van der Waals surface area contributed by atoms with Gasteiger partial charge in [-0.2, -0.15) is 0 Å². The summed E-state index contributed by atoms with van der Waals surface area (Å²) >= 11 is 0. The summed E-state index contributed by atoms with van der Waals surface area (Å²) in [6, 6.07) is 9.64. The van der Waals surface area contributed by atoms with Crippen LogP contribution in [0.4, 0.5) is 18.9 Å². The molecule has 10 heteroatoms. The van der Waals surface area contributed by atoms with Gasteiger partial charge in [0.05, 0.1) is 29.9 Å². The average Bonchev–Trinajstić information content (AvgIpc) is 3.57. The van der Waals surface area contributed by atoms with E-state index in [-0.39, 0.29) is 37.0 Å². The molecule has 2 aromatic carbocycles. The van der Waals surface area contributed by atoms with Gasteiger partial charge in [-0.1, -0.05) is 11.2 Å². The quantitative estimate of drug-likeness (QED) is 0.272. The largest absolute Gasteiger partial charge is 0.494 e. The summed E-state index contributed by atoms with van der Waals surface area (Å²) in [7, 11) is 1.38. The Balaban J connectivity index is 1.49. The van der Waals surface area contributed by atoms with Crippen molar-refractivity contribution in [2.75, 3.05) is 12.0 Å². The Morgan fingerprint density at radius 2 is 1.85 bits per heavy atom. The number of fused-ring (bicyclic) bond motifs is 1. The predicted octanol–water partition coefficient (Wildman–Crippen LogP) is 7.07. The Kier molecular flexibility index (Phi) is 6.15. The van der Waals surface area contributed by atoms with Crippen molar-refractivity contribution in [3.63, 3.8) is 0 Å². The molecule has 1 saturated heterocycles. The summed E-state index contributed by atoms with van der Waals surface area (Å²) in [5, 5.41) is 4.06. The Labute approximate surface area is 223 Å². The van der Waals surface area contributed by atoms with Crippen LogP contribution in [-0.4, -0.2) is 33.6 Å². The van der Waals surface area contributed by atoms with Crippen molar-refractivity contribution in [2.24, 2.45) is 0 Å². The minimum Gasteiger partial charge on any atom is -0.494 e. The van der Waals surface area contributed by atoms with Crippen LogP contribution in [0.2, 0.25) is 0 Å². The number of methoxy groups -OCH3 is 1. The van der Waals surface area contributed by atoms with E-state index in [0.717, 1.165) is 22.3 Å². The number of carbonyl (C=O) groups excluding carboxylic acids is 1. The topological polar surface area (TPSA) is 73.4 Å². The van der Waals surface area contributed by atoms with Gasteiger partial charge < -0.3 is 18.7 Å². The zero-order chi connectivity index (χ0) is 27.5. The third kappa shape index (κ3) is 4.35. The van der Waals surface area contributed by atoms with E-state index in [4.69, 9.17) is 14.2 Å². The molecular weight excluding hydrogens is 509 g/mol. The SMILES string of the molecule is COc1ccc(N2C(=O)CC[C@H]2c2nc3cc(-c4c(C)noc4C)ccc3n2C2CCC(F)(F)CC2)cc1F. The molecule has 7 nitrogen and oxygen atoms in total. The van der Waals surface area contributed by atoms with E-state index in [0.29, 0.717) is 42.1 Å². The Morgan fingerprint density at radius 3 is 2.51 bits per heavy atom. The first-order chi connectivity index (χ1) is 18.7. The van der Waals surface area contributed by atoms with Crippen molar-refractivity contribution in [1.29, 1.82) is 0 Å². The number of benzene rings is 2. The fourth-order valence-electron chi connectivity index (χ4n) is 6.13. The molecule has 0 bridgehead atoms. The Hall–Kier alpha value is -3.82. The molecular formula is C29H29F3N4O3. The van der Waals surface area contributed by atoms with Crippen molar-refractivity contribution in [2.45, 2.75) is 70.4 Å². The second kappa shape index (κ2) is 9.43. The number of halogens is 3. The van der Waals surface area contributed by atoms with Crippen molar-refractivity contribution in [3.05, 3.63) is 59.5 Å². The summed E-state index contributed by atoms with van der Waals surface area (Å²) in [6.45, 7) is 3.72. The van der Waals surface area contributed by atoms with Gasteiger partial charge in [-0.15, -0.1) is 0 Å². The van der Waals surface area contributed by atoms with Gasteiger partial charge in [-0.3, -0.25) is 4.79 Å². The van der Waals surface area contributed by atoms with Crippen LogP contribution in [0, 0.1) is 19.7 Å². The number of nitrogens with zero attached hydrogens (tertiary/aromatic N) is 4. The fourth-order valence-corrected chi connectivity index (χ4v) is 6.13. The molecule has 0 N–H and O–H groups in total. The third-order valence-electron chi connectivity index (χ3n) is 8.01. The Morgan fingerprint density at radius 1 is 1.08 bits per heavy atom. The van der Waals surface area contributed by atoms with E-state index in [2.05, 4.69) is 5.16 Å². The van der Waals surface area contributed by atoms with Crippen LogP contribution < -0.4 is 9.64 Å². The average molecular weight is 539 g/mol. The molecule has 1 saturated carbocycles. The highest BCUT2D eigenvalue weighted by Crippen LogP contribution is 2.45. The number of alkyl halides is 2. The molecule has 6 rings (SSSR count). The van der Waals surface area contributed by atoms with Crippen LogP contribution in [0.5, 0.6) is 5.75 Å². The second-order valence-electron chi connectivity index (χ2n) is 10.5. The van der Waals surface area contributed by atoms with E-state index in [1.54, 1.807) is 11.0 Å². The molecule has 204 valence electrons. The molecule has 1 aliphatic carbocycles. The Bertz CT molecular complexity index is 1550. The molecule has 2 aromatic heterocycles. The summed E-state index contributed by atoms with van der Waals surface area (Å²) in [5.74, 6) is -1.99. The standard InChI is InChI=1S/C29H29F3N4O3/c1-16-27(17(2)39-34-16)18-4-6-23-22(14-18)33-28(36(23)19-10-12-29(31,32)13-11-19)24-7-9-26(37)35(24)20-5-8-25(38-3)21(30)15-20/h4-6,8,14-15,19,24H,7,9-13H2,1-3H3/t24-/m0/s1. The highest BCUT2D eigenvalue weighted by atomic mass is 19.3. The smallest absolute Gasteiger partial charge is 0.248 e. The van der Waals surface area contributed by atoms with Crippen LogP contribution in [0.15, 0.2) is 40.9 Å². The first-order valence-electron chi connectivity index (χ1n) is 13.2. The molecule has 0 radical (unpaired) electrons. The van der Waals surface area contributed by atoms with E-state index < -0.39 is 17.8 Å². The number of aryl methyl sites for hydroxylation is 2. The molecule has 2 fully saturated rings. The van der Waals surface area contributed by atoms with Crippen LogP contribution in [0.3, 0.4) is 0 Å². The summed E-state index contributed by atoms with van der Waals surface area (Å²) in [5.41, 5.74) is 4.45. The number of amides is 1. The maximum Gasteiger partial charge on any atom is 0.248 e. The summed E-state index contributed by atoms with van der Waals surface area (Å²) in [4.78, 5) is 19.7.